The van der Waals surface area contributed by atoms with Crippen LogP contribution in [0.25, 0.3) is 0 Å². The Kier molecular flexibility index (Phi) is 3.86. The van der Waals surface area contributed by atoms with Crippen LogP contribution in [0.3, 0.4) is 0 Å². The van der Waals surface area contributed by atoms with Gasteiger partial charge in [0, 0.05) is 0 Å². The third kappa shape index (κ3) is 2.31. The Labute approximate surface area is 88.7 Å². The van der Waals surface area contributed by atoms with Crippen molar-refractivity contribution in [1.82, 2.24) is 5.32 Å². The Balaban J connectivity index is 1.89. The first kappa shape index (κ1) is 10.5. The second-order valence-corrected chi connectivity index (χ2v) is 5.22. The molecule has 2 unspecified atom stereocenters. The fourth-order valence-corrected chi connectivity index (χ4v) is 3.66. The van der Waals surface area contributed by atoms with Crippen molar-refractivity contribution in [2.75, 3.05) is 13.1 Å². The van der Waals surface area contributed by atoms with E-state index in [0.29, 0.717) is 0 Å². The van der Waals surface area contributed by atoms with Crippen LogP contribution in [0.2, 0.25) is 0 Å². The molecule has 1 aliphatic carbocycles. The molecule has 0 spiro atoms. The van der Waals surface area contributed by atoms with Crippen molar-refractivity contribution >= 4 is 0 Å². The van der Waals surface area contributed by atoms with Gasteiger partial charge >= 0.3 is 0 Å². The van der Waals surface area contributed by atoms with E-state index in [1.54, 1.807) is 0 Å². The average molecular weight is 195 g/mol. The first-order chi connectivity index (χ1) is 6.92. The van der Waals surface area contributed by atoms with E-state index in [9.17, 15) is 0 Å². The molecule has 0 aromatic carbocycles. The van der Waals surface area contributed by atoms with Gasteiger partial charge in [0.1, 0.15) is 0 Å². The van der Waals surface area contributed by atoms with E-state index < -0.39 is 0 Å². The van der Waals surface area contributed by atoms with Crippen LogP contribution in [0.1, 0.15) is 51.9 Å². The highest BCUT2D eigenvalue weighted by Crippen LogP contribution is 2.37. The highest BCUT2D eigenvalue weighted by atomic mass is 14.9. The maximum absolute atomic E-state index is 3.53. The van der Waals surface area contributed by atoms with Gasteiger partial charge in [-0.25, -0.2) is 0 Å². The van der Waals surface area contributed by atoms with Crippen molar-refractivity contribution in [1.29, 1.82) is 0 Å². The Morgan fingerprint density at radius 3 is 2.43 bits per heavy atom. The van der Waals surface area contributed by atoms with E-state index in [2.05, 4.69) is 12.2 Å². The summed E-state index contributed by atoms with van der Waals surface area (Å²) < 4.78 is 0. The smallest absolute Gasteiger partial charge is 0.00173 e. The Morgan fingerprint density at radius 2 is 1.86 bits per heavy atom. The number of hydrogen-bond acceptors (Lipinski definition) is 1. The van der Waals surface area contributed by atoms with Gasteiger partial charge in [-0.05, 0) is 37.3 Å². The zero-order valence-corrected chi connectivity index (χ0v) is 9.60. The molecule has 2 aliphatic rings. The van der Waals surface area contributed by atoms with E-state index in [1.165, 1.54) is 58.0 Å². The number of rotatable bonds is 3. The lowest BCUT2D eigenvalue weighted by Gasteiger charge is -2.33. The molecule has 1 heterocycles. The molecule has 1 N–H and O–H groups in total. The lowest BCUT2D eigenvalue weighted by atomic mass is 9.72. The van der Waals surface area contributed by atoms with Gasteiger partial charge in [-0.3, -0.25) is 0 Å². The molecule has 0 aromatic heterocycles. The van der Waals surface area contributed by atoms with Crippen molar-refractivity contribution in [3.8, 4) is 0 Å². The SMILES string of the molecule is CCC(C1CCCCC1)C1CCNC1. The van der Waals surface area contributed by atoms with Crippen molar-refractivity contribution in [2.24, 2.45) is 17.8 Å². The molecule has 1 heteroatoms. The van der Waals surface area contributed by atoms with Crippen LogP contribution < -0.4 is 5.32 Å². The van der Waals surface area contributed by atoms with E-state index in [4.69, 9.17) is 0 Å². The summed E-state index contributed by atoms with van der Waals surface area (Å²) in [6, 6.07) is 0. The van der Waals surface area contributed by atoms with Crippen LogP contribution >= 0.6 is 0 Å². The molecular formula is C13H25N. The lowest BCUT2D eigenvalue weighted by Crippen LogP contribution is -2.26. The minimum atomic E-state index is 1.00. The van der Waals surface area contributed by atoms with Crippen LogP contribution in [0, 0.1) is 17.8 Å². The summed E-state index contributed by atoms with van der Waals surface area (Å²) in [5, 5.41) is 3.53. The van der Waals surface area contributed by atoms with Crippen LogP contribution in [-0.4, -0.2) is 13.1 Å². The standard InChI is InChI=1S/C13H25N/c1-2-13(12-8-9-14-10-12)11-6-4-3-5-7-11/h11-14H,2-10H2,1H3. The van der Waals surface area contributed by atoms with Gasteiger partial charge in [-0.1, -0.05) is 45.4 Å². The number of nitrogens with one attached hydrogen (secondary N) is 1. The highest BCUT2D eigenvalue weighted by Gasteiger charge is 2.30. The fourth-order valence-electron chi connectivity index (χ4n) is 3.66. The summed E-state index contributed by atoms with van der Waals surface area (Å²) in [5.41, 5.74) is 0. The fraction of sp³-hybridized carbons (Fsp3) is 1.00. The van der Waals surface area contributed by atoms with Gasteiger partial charge in [0.05, 0.1) is 0 Å². The third-order valence-electron chi connectivity index (χ3n) is 4.43. The molecule has 2 rings (SSSR count). The predicted octanol–water partition coefficient (Wildman–Crippen LogP) is 3.20. The summed E-state index contributed by atoms with van der Waals surface area (Å²) in [6.07, 6.45) is 10.4. The molecular weight excluding hydrogens is 170 g/mol. The van der Waals surface area contributed by atoms with Gasteiger partial charge in [-0.15, -0.1) is 0 Å². The predicted molar refractivity (Wildman–Crippen MR) is 61.3 cm³/mol. The first-order valence-electron chi connectivity index (χ1n) is 6.62. The molecule has 1 aliphatic heterocycles. The zero-order chi connectivity index (χ0) is 9.80. The quantitative estimate of drug-likeness (QED) is 0.729. The summed E-state index contributed by atoms with van der Waals surface area (Å²) >= 11 is 0. The topological polar surface area (TPSA) is 12.0 Å². The molecule has 1 saturated carbocycles. The zero-order valence-electron chi connectivity index (χ0n) is 9.60. The normalized spacial score (nSPS) is 31.9. The molecule has 1 saturated heterocycles. The van der Waals surface area contributed by atoms with Crippen LogP contribution in [0.4, 0.5) is 0 Å². The van der Waals surface area contributed by atoms with Crippen molar-refractivity contribution in [3.63, 3.8) is 0 Å². The largest absolute Gasteiger partial charge is 0.316 e. The summed E-state index contributed by atoms with van der Waals surface area (Å²) in [7, 11) is 0. The van der Waals surface area contributed by atoms with Gasteiger partial charge in [-0.2, -0.15) is 0 Å². The first-order valence-corrected chi connectivity index (χ1v) is 6.62. The van der Waals surface area contributed by atoms with Crippen LogP contribution in [0.5, 0.6) is 0 Å². The Hall–Kier alpha value is -0.0400. The summed E-state index contributed by atoms with van der Waals surface area (Å²) in [4.78, 5) is 0. The molecule has 0 bridgehead atoms. The van der Waals surface area contributed by atoms with E-state index in [-0.39, 0.29) is 0 Å². The second-order valence-electron chi connectivity index (χ2n) is 5.22. The Morgan fingerprint density at radius 1 is 1.07 bits per heavy atom. The van der Waals surface area contributed by atoms with Crippen LogP contribution in [0.15, 0.2) is 0 Å². The minimum absolute atomic E-state index is 1.00. The Bertz CT molecular complexity index is 155. The number of hydrogen-bond donors (Lipinski definition) is 1. The monoisotopic (exact) mass is 195 g/mol. The molecule has 0 aromatic rings. The van der Waals surface area contributed by atoms with Gasteiger partial charge in [0.15, 0.2) is 0 Å². The van der Waals surface area contributed by atoms with Crippen molar-refractivity contribution < 1.29 is 0 Å². The molecule has 14 heavy (non-hydrogen) atoms. The highest BCUT2D eigenvalue weighted by molar-refractivity contribution is 4.83. The van der Waals surface area contributed by atoms with Gasteiger partial charge < -0.3 is 5.32 Å². The third-order valence-corrected chi connectivity index (χ3v) is 4.43. The van der Waals surface area contributed by atoms with E-state index >= 15 is 0 Å². The molecule has 82 valence electrons. The molecule has 2 fully saturated rings. The van der Waals surface area contributed by atoms with Crippen molar-refractivity contribution in [3.05, 3.63) is 0 Å². The minimum Gasteiger partial charge on any atom is -0.316 e. The summed E-state index contributed by atoms with van der Waals surface area (Å²) in [5.74, 6) is 3.10. The summed E-state index contributed by atoms with van der Waals surface area (Å²) in [6.45, 7) is 4.97. The van der Waals surface area contributed by atoms with Gasteiger partial charge in [0.25, 0.3) is 0 Å². The maximum Gasteiger partial charge on any atom is -0.00173 e. The average Bonchev–Trinajstić information content (AvgIpc) is 2.74. The molecule has 1 nitrogen and oxygen atoms in total. The second kappa shape index (κ2) is 5.16. The van der Waals surface area contributed by atoms with E-state index in [1.807, 2.05) is 0 Å². The molecule has 0 radical (unpaired) electrons. The van der Waals surface area contributed by atoms with Crippen molar-refractivity contribution in [2.45, 2.75) is 51.9 Å². The van der Waals surface area contributed by atoms with E-state index in [0.717, 1.165) is 17.8 Å². The maximum atomic E-state index is 3.53. The van der Waals surface area contributed by atoms with Crippen LogP contribution in [-0.2, 0) is 0 Å². The lowest BCUT2D eigenvalue weighted by molar-refractivity contribution is 0.181. The molecule has 0 amide bonds. The van der Waals surface area contributed by atoms with Gasteiger partial charge in [0.2, 0.25) is 0 Å². The molecule has 2 atom stereocenters.